The number of primary amides is 1. The van der Waals surface area contributed by atoms with E-state index in [0.29, 0.717) is 17.4 Å². The second-order valence-corrected chi connectivity index (χ2v) is 4.59. The first-order valence-electron chi connectivity index (χ1n) is 6.02. The van der Waals surface area contributed by atoms with E-state index >= 15 is 0 Å². The zero-order valence-corrected chi connectivity index (χ0v) is 10.5. The summed E-state index contributed by atoms with van der Waals surface area (Å²) >= 11 is 0. The summed E-state index contributed by atoms with van der Waals surface area (Å²) in [6.45, 7) is 3.33. The van der Waals surface area contributed by atoms with Crippen LogP contribution in [-0.2, 0) is 0 Å². The molecule has 0 aliphatic carbocycles. The molecule has 8 nitrogen and oxygen atoms in total. The van der Waals surface area contributed by atoms with Crippen molar-refractivity contribution in [1.82, 2.24) is 19.9 Å². The van der Waals surface area contributed by atoms with E-state index in [4.69, 9.17) is 10.3 Å². The van der Waals surface area contributed by atoms with Crippen LogP contribution in [0.4, 0.5) is 6.01 Å². The minimum Gasteiger partial charge on any atom is -0.366 e. The lowest BCUT2D eigenvalue weighted by molar-refractivity contribution is 0.1000. The van der Waals surface area contributed by atoms with Crippen LogP contribution in [-0.4, -0.2) is 38.9 Å². The molecule has 2 aromatic heterocycles. The summed E-state index contributed by atoms with van der Waals surface area (Å²) in [5, 5.41) is 7.95. The fraction of sp³-hybridized carbons (Fsp3) is 0.455. The third kappa shape index (κ3) is 2.16. The first-order valence-corrected chi connectivity index (χ1v) is 6.02. The number of amides is 1. The Morgan fingerprint density at radius 3 is 3.05 bits per heavy atom. The van der Waals surface area contributed by atoms with Gasteiger partial charge in [-0.25, -0.2) is 0 Å². The Hall–Kier alpha value is -2.38. The van der Waals surface area contributed by atoms with Gasteiger partial charge in [0.1, 0.15) is 0 Å². The second-order valence-electron chi connectivity index (χ2n) is 4.59. The first-order chi connectivity index (χ1) is 9.13. The summed E-state index contributed by atoms with van der Waals surface area (Å²) in [7, 11) is 0. The molecule has 100 valence electrons. The highest BCUT2D eigenvalue weighted by Crippen LogP contribution is 2.25. The number of hydrogen-bond donors (Lipinski definition) is 1. The highest BCUT2D eigenvalue weighted by Gasteiger charge is 2.28. The molecule has 0 bridgehead atoms. The van der Waals surface area contributed by atoms with Gasteiger partial charge in [-0.1, -0.05) is 5.16 Å². The molecule has 0 radical (unpaired) electrons. The van der Waals surface area contributed by atoms with Crippen molar-refractivity contribution in [3.63, 3.8) is 0 Å². The van der Waals surface area contributed by atoms with Gasteiger partial charge in [-0.3, -0.25) is 9.48 Å². The number of aryl methyl sites for hydroxylation is 1. The van der Waals surface area contributed by atoms with Gasteiger partial charge in [0, 0.05) is 19.3 Å². The van der Waals surface area contributed by atoms with Crippen molar-refractivity contribution in [2.75, 3.05) is 18.0 Å². The molecule has 2 aromatic rings. The average molecular weight is 262 g/mol. The standard InChI is InChI=1S/C11H14N6O2/c1-7-14-11(19-15-7)16-3-2-9(6-16)17-5-8(4-13-17)10(12)18/h4-5,9H,2-3,6H2,1H3,(H2,12,18). The molecule has 1 aliphatic rings. The molecule has 1 amide bonds. The Labute approximate surface area is 109 Å². The Morgan fingerprint density at radius 2 is 2.42 bits per heavy atom. The van der Waals surface area contributed by atoms with Crippen LogP contribution < -0.4 is 10.6 Å². The molecule has 1 unspecified atom stereocenters. The molecule has 2 N–H and O–H groups in total. The third-order valence-corrected chi connectivity index (χ3v) is 3.21. The molecule has 3 heterocycles. The number of carbonyl (C=O) groups excluding carboxylic acids is 1. The van der Waals surface area contributed by atoms with Crippen LogP contribution in [0, 0.1) is 6.92 Å². The molecular weight excluding hydrogens is 248 g/mol. The fourth-order valence-electron chi connectivity index (χ4n) is 2.21. The monoisotopic (exact) mass is 262 g/mol. The fourth-order valence-corrected chi connectivity index (χ4v) is 2.21. The predicted octanol–water partition coefficient (Wildman–Crippen LogP) is 0.125. The first kappa shape index (κ1) is 11.7. The maximum atomic E-state index is 11.0. The topological polar surface area (TPSA) is 103 Å². The average Bonchev–Trinajstić information content (AvgIpc) is 3.07. The van der Waals surface area contributed by atoms with Crippen LogP contribution in [0.1, 0.15) is 28.6 Å². The third-order valence-electron chi connectivity index (χ3n) is 3.21. The Bertz CT molecular complexity index is 604. The van der Waals surface area contributed by atoms with E-state index in [2.05, 4.69) is 15.2 Å². The van der Waals surface area contributed by atoms with Gasteiger partial charge in [0.05, 0.1) is 17.8 Å². The number of nitrogens with two attached hydrogens (primary N) is 1. The maximum Gasteiger partial charge on any atom is 0.324 e. The predicted molar refractivity (Wildman–Crippen MR) is 65.6 cm³/mol. The summed E-state index contributed by atoms with van der Waals surface area (Å²) in [4.78, 5) is 17.3. The largest absolute Gasteiger partial charge is 0.366 e. The molecule has 1 fully saturated rings. The van der Waals surface area contributed by atoms with Gasteiger partial charge in [-0.05, 0) is 13.3 Å². The smallest absolute Gasteiger partial charge is 0.324 e. The van der Waals surface area contributed by atoms with Crippen molar-refractivity contribution >= 4 is 11.9 Å². The van der Waals surface area contributed by atoms with Gasteiger partial charge in [-0.2, -0.15) is 10.1 Å². The number of aromatic nitrogens is 4. The number of carbonyl (C=O) groups is 1. The number of anilines is 1. The van der Waals surface area contributed by atoms with Crippen LogP contribution in [0.2, 0.25) is 0 Å². The van der Waals surface area contributed by atoms with E-state index in [-0.39, 0.29) is 6.04 Å². The molecule has 8 heteroatoms. The molecule has 3 rings (SSSR count). The van der Waals surface area contributed by atoms with Crippen molar-refractivity contribution < 1.29 is 9.32 Å². The van der Waals surface area contributed by atoms with Crippen molar-refractivity contribution in [3.8, 4) is 0 Å². The zero-order valence-electron chi connectivity index (χ0n) is 10.5. The Morgan fingerprint density at radius 1 is 1.58 bits per heavy atom. The lowest BCUT2D eigenvalue weighted by Gasteiger charge is -2.13. The molecular formula is C11H14N6O2. The van der Waals surface area contributed by atoms with E-state index in [1.165, 1.54) is 6.20 Å². The van der Waals surface area contributed by atoms with Crippen LogP contribution in [0.15, 0.2) is 16.9 Å². The van der Waals surface area contributed by atoms with Gasteiger partial charge in [0.2, 0.25) is 0 Å². The molecule has 0 spiro atoms. The van der Waals surface area contributed by atoms with Gasteiger partial charge in [0.25, 0.3) is 5.91 Å². The van der Waals surface area contributed by atoms with E-state index in [1.807, 2.05) is 4.90 Å². The minimum absolute atomic E-state index is 0.181. The van der Waals surface area contributed by atoms with Crippen molar-refractivity contribution in [2.24, 2.45) is 5.73 Å². The number of rotatable bonds is 3. The van der Waals surface area contributed by atoms with Crippen LogP contribution in [0.5, 0.6) is 0 Å². The van der Waals surface area contributed by atoms with Crippen LogP contribution >= 0.6 is 0 Å². The zero-order chi connectivity index (χ0) is 13.4. The second kappa shape index (κ2) is 4.38. The highest BCUT2D eigenvalue weighted by molar-refractivity contribution is 5.92. The van der Waals surface area contributed by atoms with Crippen LogP contribution in [0.3, 0.4) is 0 Å². The van der Waals surface area contributed by atoms with E-state index < -0.39 is 5.91 Å². The number of nitrogens with zero attached hydrogens (tertiary/aromatic N) is 5. The Balaban J connectivity index is 1.73. The summed E-state index contributed by atoms with van der Waals surface area (Å²) in [6.07, 6.45) is 4.07. The molecule has 19 heavy (non-hydrogen) atoms. The Kier molecular flexibility index (Phi) is 2.69. The lowest BCUT2D eigenvalue weighted by Crippen LogP contribution is -2.21. The molecule has 1 saturated heterocycles. The van der Waals surface area contributed by atoms with Gasteiger partial charge in [0.15, 0.2) is 5.82 Å². The van der Waals surface area contributed by atoms with Crippen LogP contribution in [0.25, 0.3) is 0 Å². The number of hydrogen-bond acceptors (Lipinski definition) is 6. The van der Waals surface area contributed by atoms with Crippen molar-refractivity contribution in [2.45, 2.75) is 19.4 Å². The van der Waals surface area contributed by atoms with Crippen molar-refractivity contribution in [3.05, 3.63) is 23.8 Å². The minimum atomic E-state index is -0.464. The summed E-state index contributed by atoms with van der Waals surface area (Å²) in [5.41, 5.74) is 5.63. The van der Waals surface area contributed by atoms with Gasteiger partial charge in [-0.15, -0.1) is 0 Å². The van der Waals surface area contributed by atoms with Crippen molar-refractivity contribution in [1.29, 1.82) is 0 Å². The van der Waals surface area contributed by atoms with E-state index in [1.54, 1.807) is 17.8 Å². The molecule has 1 atom stereocenters. The molecule has 0 aromatic carbocycles. The normalized spacial score (nSPS) is 19.0. The summed E-state index contributed by atoms with van der Waals surface area (Å²) in [6, 6.07) is 0.711. The quantitative estimate of drug-likeness (QED) is 0.843. The van der Waals surface area contributed by atoms with E-state index in [0.717, 1.165) is 19.5 Å². The summed E-state index contributed by atoms with van der Waals surface area (Å²) < 4.78 is 6.90. The molecule has 1 aliphatic heterocycles. The molecule has 0 saturated carbocycles. The van der Waals surface area contributed by atoms with Gasteiger partial charge < -0.3 is 15.2 Å². The highest BCUT2D eigenvalue weighted by atomic mass is 16.5. The summed E-state index contributed by atoms with van der Waals surface area (Å²) in [5.74, 6) is 0.155. The van der Waals surface area contributed by atoms with Gasteiger partial charge >= 0.3 is 6.01 Å². The van der Waals surface area contributed by atoms with E-state index in [9.17, 15) is 4.79 Å². The SMILES string of the molecule is Cc1noc(N2CCC(n3cc(C(N)=O)cn3)C2)n1. The lowest BCUT2D eigenvalue weighted by atomic mass is 10.3. The maximum absolute atomic E-state index is 11.0.